The van der Waals surface area contributed by atoms with Crippen molar-refractivity contribution in [1.82, 2.24) is 9.55 Å². The van der Waals surface area contributed by atoms with Crippen LogP contribution in [0.15, 0.2) is 30.6 Å². The van der Waals surface area contributed by atoms with E-state index in [1.807, 2.05) is 38.1 Å². The number of nitrogens with zero attached hydrogens (tertiary/aromatic N) is 2. The minimum atomic E-state index is 0.0441. The third kappa shape index (κ3) is 1.65. The lowest BCUT2D eigenvalue weighted by molar-refractivity contribution is 0.0847. The molecule has 3 heteroatoms. The van der Waals surface area contributed by atoms with Gasteiger partial charge < -0.3 is 0 Å². The largest absolute Gasteiger partial charge is 0.274 e. The summed E-state index contributed by atoms with van der Waals surface area (Å²) in [7, 11) is 0. The Hall–Kier alpha value is -1.64. The number of hydrogen-bond donors (Lipinski definition) is 0. The van der Waals surface area contributed by atoms with E-state index in [9.17, 15) is 4.79 Å². The highest BCUT2D eigenvalue weighted by Gasteiger charge is 2.14. The van der Waals surface area contributed by atoms with Crippen LogP contribution in [0.2, 0.25) is 0 Å². The standard InChI is InChI=1S/C12H14N2O/c1-3-9(2)12(15)14-8-13-10-6-4-5-7-11(10)14/h4-9H,3H2,1-2H3. The van der Waals surface area contributed by atoms with Crippen molar-refractivity contribution in [3.63, 3.8) is 0 Å². The van der Waals surface area contributed by atoms with Crippen LogP contribution in [-0.4, -0.2) is 15.5 Å². The van der Waals surface area contributed by atoms with E-state index in [4.69, 9.17) is 0 Å². The van der Waals surface area contributed by atoms with Gasteiger partial charge in [0.2, 0.25) is 5.91 Å². The summed E-state index contributed by atoms with van der Waals surface area (Å²) in [6.07, 6.45) is 2.46. The summed E-state index contributed by atoms with van der Waals surface area (Å²) in [6, 6.07) is 7.68. The van der Waals surface area contributed by atoms with E-state index < -0.39 is 0 Å². The minimum Gasteiger partial charge on any atom is -0.274 e. The molecule has 0 bridgehead atoms. The molecule has 1 unspecified atom stereocenters. The van der Waals surface area contributed by atoms with Crippen molar-refractivity contribution in [2.24, 2.45) is 5.92 Å². The van der Waals surface area contributed by atoms with E-state index >= 15 is 0 Å². The van der Waals surface area contributed by atoms with Crippen LogP contribution >= 0.6 is 0 Å². The SMILES string of the molecule is CCC(C)C(=O)n1cnc2ccccc21. The minimum absolute atomic E-state index is 0.0441. The maximum atomic E-state index is 12.0. The lowest BCUT2D eigenvalue weighted by atomic mass is 10.1. The molecule has 1 atom stereocenters. The molecule has 3 nitrogen and oxygen atoms in total. The summed E-state index contributed by atoms with van der Waals surface area (Å²) in [5.74, 6) is 0.161. The highest BCUT2D eigenvalue weighted by molar-refractivity contribution is 5.91. The van der Waals surface area contributed by atoms with Gasteiger partial charge in [-0.2, -0.15) is 0 Å². The zero-order chi connectivity index (χ0) is 10.8. The summed E-state index contributed by atoms with van der Waals surface area (Å²) < 4.78 is 1.64. The van der Waals surface area contributed by atoms with Crippen molar-refractivity contribution >= 4 is 16.9 Å². The number of carbonyl (C=O) groups is 1. The zero-order valence-corrected chi connectivity index (χ0v) is 8.97. The van der Waals surface area contributed by atoms with E-state index in [2.05, 4.69) is 4.98 Å². The van der Waals surface area contributed by atoms with Crippen LogP contribution in [0.5, 0.6) is 0 Å². The van der Waals surface area contributed by atoms with Crippen LogP contribution in [-0.2, 0) is 0 Å². The monoisotopic (exact) mass is 202 g/mol. The molecule has 0 fully saturated rings. The molecule has 0 spiro atoms. The second-order valence-corrected chi connectivity index (χ2v) is 3.75. The van der Waals surface area contributed by atoms with Crippen molar-refractivity contribution in [3.8, 4) is 0 Å². The number of rotatable bonds is 2. The molecule has 0 saturated carbocycles. The fourth-order valence-electron chi connectivity index (χ4n) is 1.55. The van der Waals surface area contributed by atoms with Crippen LogP contribution in [0.3, 0.4) is 0 Å². The molecule has 1 aromatic heterocycles. The van der Waals surface area contributed by atoms with Gasteiger partial charge in [-0.1, -0.05) is 26.0 Å². The number of aromatic nitrogens is 2. The molecular formula is C12H14N2O. The van der Waals surface area contributed by atoms with E-state index in [0.717, 1.165) is 17.5 Å². The average Bonchev–Trinajstić information content (AvgIpc) is 2.70. The molecule has 15 heavy (non-hydrogen) atoms. The molecule has 0 aliphatic heterocycles. The van der Waals surface area contributed by atoms with E-state index in [-0.39, 0.29) is 11.8 Å². The van der Waals surface area contributed by atoms with E-state index in [0.29, 0.717) is 0 Å². The highest BCUT2D eigenvalue weighted by Crippen LogP contribution is 2.14. The summed E-state index contributed by atoms with van der Waals surface area (Å²) in [5, 5.41) is 0. The lowest BCUT2D eigenvalue weighted by Gasteiger charge is -2.08. The molecular weight excluding hydrogens is 188 g/mol. The van der Waals surface area contributed by atoms with E-state index in [1.165, 1.54) is 0 Å². The second kappa shape index (κ2) is 3.85. The zero-order valence-electron chi connectivity index (χ0n) is 8.97. The van der Waals surface area contributed by atoms with Gasteiger partial charge in [0.05, 0.1) is 11.0 Å². The first-order valence-electron chi connectivity index (χ1n) is 5.20. The number of fused-ring (bicyclic) bond motifs is 1. The van der Waals surface area contributed by atoms with Crippen molar-refractivity contribution in [2.45, 2.75) is 20.3 Å². The van der Waals surface area contributed by atoms with Crippen molar-refractivity contribution in [1.29, 1.82) is 0 Å². The van der Waals surface area contributed by atoms with Crippen LogP contribution in [0, 0.1) is 5.92 Å². The molecule has 1 heterocycles. The van der Waals surface area contributed by atoms with Gasteiger partial charge in [0.1, 0.15) is 6.33 Å². The molecule has 0 saturated heterocycles. The molecule has 1 aromatic carbocycles. The topological polar surface area (TPSA) is 34.9 Å². The Balaban J connectivity index is 2.48. The molecule has 0 amide bonds. The van der Waals surface area contributed by atoms with Gasteiger partial charge in [0.25, 0.3) is 0 Å². The molecule has 78 valence electrons. The smallest absolute Gasteiger partial charge is 0.235 e. The average molecular weight is 202 g/mol. The Morgan fingerprint density at radius 1 is 1.47 bits per heavy atom. The van der Waals surface area contributed by atoms with Gasteiger partial charge >= 0.3 is 0 Å². The highest BCUT2D eigenvalue weighted by atomic mass is 16.2. The first-order valence-corrected chi connectivity index (χ1v) is 5.20. The molecule has 0 radical (unpaired) electrons. The van der Waals surface area contributed by atoms with Crippen LogP contribution in [0.1, 0.15) is 25.1 Å². The molecule has 0 N–H and O–H groups in total. The van der Waals surface area contributed by atoms with E-state index in [1.54, 1.807) is 10.9 Å². The Morgan fingerprint density at radius 3 is 2.93 bits per heavy atom. The summed E-state index contributed by atoms with van der Waals surface area (Å²) >= 11 is 0. The number of para-hydroxylation sites is 2. The molecule has 2 aromatic rings. The fourth-order valence-corrected chi connectivity index (χ4v) is 1.55. The Bertz CT molecular complexity index is 487. The summed E-state index contributed by atoms with van der Waals surface area (Å²) in [6.45, 7) is 3.96. The summed E-state index contributed by atoms with van der Waals surface area (Å²) in [4.78, 5) is 16.2. The predicted molar refractivity (Wildman–Crippen MR) is 59.8 cm³/mol. The number of hydrogen-bond acceptors (Lipinski definition) is 2. The van der Waals surface area contributed by atoms with Crippen LogP contribution in [0.25, 0.3) is 11.0 Å². The maximum Gasteiger partial charge on any atom is 0.235 e. The lowest BCUT2D eigenvalue weighted by Crippen LogP contribution is -2.17. The number of carbonyl (C=O) groups excluding carboxylic acids is 1. The quantitative estimate of drug-likeness (QED) is 0.750. The van der Waals surface area contributed by atoms with Gasteiger partial charge in [0, 0.05) is 5.92 Å². The molecule has 0 aliphatic rings. The first-order chi connectivity index (χ1) is 7.24. The van der Waals surface area contributed by atoms with Crippen molar-refractivity contribution in [3.05, 3.63) is 30.6 Å². The van der Waals surface area contributed by atoms with Crippen LogP contribution in [0.4, 0.5) is 0 Å². The molecule has 2 rings (SSSR count). The predicted octanol–water partition coefficient (Wildman–Crippen LogP) is 2.72. The van der Waals surface area contributed by atoms with Crippen molar-refractivity contribution < 1.29 is 4.79 Å². The maximum absolute atomic E-state index is 12.0. The normalized spacial score (nSPS) is 12.9. The Labute approximate surface area is 88.7 Å². The van der Waals surface area contributed by atoms with Gasteiger partial charge in [-0.05, 0) is 18.6 Å². The summed E-state index contributed by atoms with van der Waals surface area (Å²) in [5.41, 5.74) is 1.76. The Kier molecular flexibility index (Phi) is 2.54. The first kappa shape index (κ1) is 9.90. The third-order valence-electron chi connectivity index (χ3n) is 2.72. The second-order valence-electron chi connectivity index (χ2n) is 3.75. The number of benzene rings is 1. The van der Waals surface area contributed by atoms with Gasteiger partial charge in [-0.15, -0.1) is 0 Å². The van der Waals surface area contributed by atoms with Gasteiger partial charge in [-0.3, -0.25) is 9.36 Å². The van der Waals surface area contributed by atoms with Crippen LogP contribution < -0.4 is 0 Å². The third-order valence-corrected chi connectivity index (χ3v) is 2.72. The van der Waals surface area contributed by atoms with Gasteiger partial charge in [-0.25, -0.2) is 4.98 Å². The molecule has 0 aliphatic carbocycles. The van der Waals surface area contributed by atoms with Crippen molar-refractivity contribution in [2.75, 3.05) is 0 Å². The van der Waals surface area contributed by atoms with Gasteiger partial charge in [0.15, 0.2) is 0 Å². The fraction of sp³-hybridized carbons (Fsp3) is 0.333. The Morgan fingerprint density at radius 2 is 2.20 bits per heavy atom. The number of imidazole rings is 1.